The average Bonchev–Trinajstić information content (AvgIpc) is 1.61. The first-order chi connectivity index (χ1) is 2.91. The Bertz CT molecular complexity index is 56.0. The molecule has 0 aromatic rings. The standard InChI is InChI=1S/C6H10.ClH.Mg.2H/c1-3-5-6-4-2;;;;/h1H,4-6H2,2H3;1H;;;. The lowest BCUT2D eigenvalue weighted by atomic mass is 10.3. The van der Waals surface area contributed by atoms with Gasteiger partial charge in [-0.3, -0.25) is 0 Å². The van der Waals surface area contributed by atoms with Gasteiger partial charge in [-0.25, -0.2) is 0 Å². The van der Waals surface area contributed by atoms with Crippen molar-refractivity contribution in [3.8, 4) is 12.3 Å². The molecule has 0 radical (unpaired) electrons. The molecule has 0 heterocycles. The summed E-state index contributed by atoms with van der Waals surface area (Å²) in [6, 6.07) is 0. The maximum atomic E-state index is 4.96. The molecule has 0 fully saturated rings. The molecule has 0 spiro atoms. The van der Waals surface area contributed by atoms with Gasteiger partial charge in [-0.15, -0.1) is 24.8 Å². The lowest BCUT2D eigenvalue weighted by Gasteiger charge is -1.79. The molecule has 0 aliphatic rings. The van der Waals surface area contributed by atoms with Crippen molar-refractivity contribution in [2.45, 2.75) is 26.2 Å². The third-order valence-corrected chi connectivity index (χ3v) is 0.675. The summed E-state index contributed by atoms with van der Waals surface area (Å²) in [6.07, 6.45) is 8.30. The molecule has 0 N–H and O–H groups in total. The lowest BCUT2D eigenvalue weighted by molar-refractivity contribution is 0.828. The Morgan fingerprint density at radius 1 is 1.50 bits per heavy atom. The van der Waals surface area contributed by atoms with Crippen LogP contribution in [0.5, 0.6) is 0 Å². The van der Waals surface area contributed by atoms with E-state index in [0.717, 1.165) is 6.42 Å². The van der Waals surface area contributed by atoms with Gasteiger partial charge in [0.15, 0.2) is 0 Å². The van der Waals surface area contributed by atoms with Crippen molar-refractivity contribution in [2.75, 3.05) is 0 Å². The van der Waals surface area contributed by atoms with E-state index in [-0.39, 0.29) is 35.5 Å². The van der Waals surface area contributed by atoms with Crippen molar-refractivity contribution >= 4 is 35.5 Å². The van der Waals surface area contributed by atoms with Crippen LogP contribution in [0.25, 0.3) is 0 Å². The van der Waals surface area contributed by atoms with Gasteiger partial charge in [0.2, 0.25) is 0 Å². The van der Waals surface area contributed by atoms with Crippen LogP contribution in [0.15, 0.2) is 0 Å². The molecule has 46 valence electrons. The first kappa shape index (κ1) is 15.8. The number of rotatable bonds is 2. The lowest BCUT2D eigenvalue weighted by Crippen LogP contribution is -1.62. The van der Waals surface area contributed by atoms with E-state index in [9.17, 15) is 0 Å². The number of hydrogen-bond acceptors (Lipinski definition) is 0. The summed E-state index contributed by atoms with van der Waals surface area (Å²) in [5.41, 5.74) is 0. The van der Waals surface area contributed by atoms with Crippen LogP contribution in [0.3, 0.4) is 0 Å². The minimum Gasteiger partial charge on any atom is -0.147 e. The Kier molecular flexibility index (Phi) is 31.0. The summed E-state index contributed by atoms with van der Waals surface area (Å²) in [5.74, 6) is 2.57. The Balaban J connectivity index is -0.000000125. The zero-order valence-corrected chi connectivity index (χ0v) is 5.42. The number of terminal acetylenes is 1. The Morgan fingerprint density at radius 3 is 2.12 bits per heavy atom. The highest BCUT2D eigenvalue weighted by atomic mass is 35.5. The molecular formula is C6H13ClMg. The highest BCUT2D eigenvalue weighted by molar-refractivity contribution is 5.85. The molecule has 0 atom stereocenters. The van der Waals surface area contributed by atoms with E-state index >= 15 is 0 Å². The molecule has 0 unspecified atom stereocenters. The van der Waals surface area contributed by atoms with Crippen LogP contribution in [0.2, 0.25) is 0 Å². The van der Waals surface area contributed by atoms with Gasteiger partial charge in [0, 0.05) is 6.42 Å². The predicted octanol–water partition coefficient (Wildman–Crippen LogP) is 1.32. The second-order valence-corrected chi connectivity index (χ2v) is 1.31. The average molecular weight is 145 g/mol. The number of unbranched alkanes of at least 4 members (excludes halogenated alkanes) is 2. The van der Waals surface area contributed by atoms with Crippen molar-refractivity contribution in [1.82, 2.24) is 0 Å². The van der Waals surface area contributed by atoms with Gasteiger partial charge in [0.1, 0.15) is 0 Å². The summed E-state index contributed by atoms with van der Waals surface area (Å²) < 4.78 is 0. The van der Waals surface area contributed by atoms with Crippen LogP contribution in [0.1, 0.15) is 26.2 Å². The van der Waals surface area contributed by atoms with Gasteiger partial charge < -0.3 is 0 Å². The summed E-state index contributed by atoms with van der Waals surface area (Å²) >= 11 is 0. The highest BCUT2D eigenvalue weighted by Gasteiger charge is 1.71. The minimum absolute atomic E-state index is 0. The Labute approximate surface area is 74.0 Å². The van der Waals surface area contributed by atoms with E-state index in [1.807, 2.05) is 0 Å². The topological polar surface area (TPSA) is 0 Å². The van der Waals surface area contributed by atoms with Gasteiger partial charge in [-0.2, -0.15) is 0 Å². The zero-order chi connectivity index (χ0) is 4.83. The van der Waals surface area contributed by atoms with E-state index < -0.39 is 0 Å². The zero-order valence-electron chi connectivity index (χ0n) is 4.61. The molecule has 0 nitrogen and oxygen atoms in total. The fourth-order valence-corrected chi connectivity index (χ4v) is 0.279. The van der Waals surface area contributed by atoms with Crippen molar-refractivity contribution in [2.24, 2.45) is 0 Å². The molecule has 2 heteroatoms. The third kappa shape index (κ3) is 16.0. The van der Waals surface area contributed by atoms with E-state index in [4.69, 9.17) is 6.42 Å². The van der Waals surface area contributed by atoms with Crippen LogP contribution >= 0.6 is 12.4 Å². The van der Waals surface area contributed by atoms with Crippen molar-refractivity contribution in [3.05, 3.63) is 0 Å². The smallest absolute Gasteiger partial charge is 0.147 e. The van der Waals surface area contributed by atoms with Crippen LogP contribution in [0, 0.1) is 12.3 Å². The Morgan fingerprint density at radius 2 is 2.00 bits per heavy atom. The molecule has 0 aliphatic heterocycles. The monoisotopic (exact) mass is 144 g/mol. The SMILES string of the molecule is C#CCCCC.Cl.[MgH2]. The van der Waals surface area contributed by atoms with Crippen LogP contribution in [-0.4, -0.2) is 23.1 Å². The molecule has 0 rings (SSSR count). The van der Waals surface area contributed by atoms with Gasteiger partial charge in [-0.05, 0) is 6.42 Å². The molecule has 0 aliphatic carbocycles. The van der Waals surface area contributed by atoms with E-state index in [1.54, 1.807) is 0 Å². The largest absolute Gasteiger partial charge is 0.316 e. The maximum absolute atomic E-state index is 4.96. The predicted molar refractivity (Wildman–Crippen MR) is 44.2 cm³/mol. The van der Waals surface area contributed by atoms with E-state index in [0.29, 0.717) is 0 Å². The molecule has 0 saturated carbocycles. The van der Waals surface area contributed by atoms with Gasteiger partial charge >= 0.3 is 23.1 Å². The van der Waals surface area contributed by atoms with Crippen molar-refractivity contribution in [3.63, 3.8) is 0 Å². The molecule has 0 bridgehead atoms. The molecule has 0 aromatic carbocycles. The van der Waals surface area contributed by atoms with Crippen molar-refractivity contribution in [1.29, 1.82) is 0 Å². The molecule has 0 amide bonds. The second-order valence-electron chi connectivity index (χ2n) is 1.31. The molecular weight excluding hydrogens is 132 g/mol. The summed E-state index contributed by atoms with van der Waals surface area (Å²) in [6.45, 7) is 2.14. The van der Waals surface area contributed by atoms with Gasteiger partial charge in [-0.1, -0.05) is 13.3 Å². The first-order valence-electron chi connectivity index (χ1n) is 2.35. The normalized spacial score (nSPS) is 5.50. The number of halogens is 1. The quantitative estimate of drug-likeness (QED) is 0.312. The van der Waals surface area contributed by atoms with Crippen LogP contribution < -0.4 is 0 Å². The maximum Gasteiger partial charge on any atom is 0.316 e. The third-order valence-electron chi connectivity index (χ3n) is 0.675. The van der Waals surface area contributed by atoms with Crippen molar-refractivity contribution < 1.29 is 0 Å². The summed E-state index contributed by atoms with van der Waals surface area (Å²) in [4.78, 5) is 0. The number of hydrogen-bond donors (Lipinski definition) is 0. The molecule has 0 saturated heterocycles. The fraction of sp³-hybridized carbons (Fsp3) is 0.667. The second kappa shape index (κ2) is 15.6. The first-order valence-corrected chi connectivity index (χ1v) is 2.35. The fourth-order valence-electron chi connectivity index (χ4n) is 0.279. The molecule has 8 heavy (non-hydrogen) atoms. The minimum atomic E-state index is 0. The van der Waals surface area contributed by atoms with E-state index in [1.165, 1.54) is 12.8 Å². The molecule has 0 aromatic heterocycles. The highest BCUT2D eigenvalue weighted by Crippen LogP contribution is 1.88. The van der Waals surface area contributed by atoms with Crippen LogP contribution in [0.4, 0.5) is 0 Å². The van der Waals surface area contributed by atoms with Gasteiger partial charge in [0.25, 0.3) is 0 Å². The van der Waals surface area contributed by atoms with E-state index in [2.05, 4.69) is 12.8 Å². The summed E-state index contributed by atoms with van der Waals surface area (Å²) in [7, 11) is 0. The van der Waals surface area contributed by atoms with Crippen LogP contribution in [-0.2, 0) is 0 Å². The summed E-state index contributed by atoms with van der Waals surface area (Å²) in [5, 5.41) is 0. The van der Waals surface area contributed by atoms with Gasteiger partial charge in [0.05, 0.1) is 0 Å². The Hall–Kier alpha value is 0.616.